The van der Waals surface area contributed by atoms with Gasteiger partial charge in [0.2, 0.25) is 11.1 Å². The van der Waals surface area contributed by atoms with Crippen LogP contribution in [-0.4, -0.2) is 51.4 Å². The summed E-state index contributed by atoms with van der Waals surface area (Å²) in [6.07, 6.45) is 1.68. The molecule has 1 amide bonds. The van der Waals surface area contributed by atoms with Crippen LogP contribution in [0.4, 0.5) is 0 Å². The largest absolute Gasteiger partial charge is 0.488 e. The van der Waals surface area contributed by atoms with E-state index in [2.05, 4.69) is 21.2 Å². The molecule has 2 aromatic rings. The highest BCUT2D eigenvalue weighted by Crippen LogP contribution is 2.28. The quantitative estimate of drug-likeness (QED) is 0.818. The number of aryl methyl sites for hydroxylation is 1. The van der Waals surface area contributed by atoms with Gasteiger partial charge in [-0.15, -0.1) is 5.10 Å². The lowest BCUT2D eigenvalue weighted by Crippen LogP contribution is -2.37. The van der Waals surface area contributed by atoms with Crippen LogP contribution in [0.1, 0.15) is 18.3 Å². The first kappa shape index (κ1) is 15.9. The maximum Gasteiger partial charge on any atom is 0.232 e. The van der Waals surface area contributed by atoms with Crippen molar-refractivity contribution >= 4 is 17.7 Å². The van der Waals surface area contributed by atoms with E-state index in [0.717, 1.165) is 24.4 Å². The van der Waals surface area contributed by atoms with Gasteiger partial charge in [0, 0.05) is 19.9 Å². The Hall–Kier alpha value is -2.02. The fourth-order valence-corrected chi connectivity index (χ4v) is 3.26. The smallest absolute Gasteiger partial charge is 0.232 e. The molecule has 122 valence electrons. The molecule has 0 bridgehead atoms. The van der Waals surface area contributed by atoms with E-state index in [9.17, 15) is 4.79 Å². The number of fused-ring (bicyclic) bond motifs is 1. The number of amides is 1. The monoisotopic (exact) mass is 332 g/mol. The fraction of sp³-hybridized carbons (Fsp3) is 0.438. The van der Waals surface area contributed by atoms with Crippen LogP contribution in [0, 0.1) is 0 Å². The number of hydrogen-bond donors (Lipinski definition) is 1. The summed E-state index contributed by atoms with van der Waals surface area (Å²) < 4.78 is 5.88. The topological polar surface area (TPSA) is 71.1 Å². The molecule has 1 aliphatic heterocycles. The summed E-state index contributed by atoms with van der Waals surface area (Å²) in [5.41, 5.74) is 1.21. The minimum atomic E-state index is 0.0292. The molecule has 2 heterocycles. The van der Waals surface area contributed by atoms with Gasteiger partial charge in [-0.05, 0) is 11.6 Å². The van der Waals surface area contributed by atoms with Crippen molar-refractivity contribution in [2.24, 2.45) is 0 Å². The van der Waals surface area contributed by atoms with Gasteiger partial charge in [0.15, 0.2) is 0 Å². The predicted molar refractivity (Wildman–Crippen MR) is 88.7 cm³/mol. The molecule has 1 aromatic carbocycles. The van der Waals surface area contributed by atoms with Crippen LogP contribution in [0.5, 0.6) is 5.75 Å². The maximum atomic E-state index is 12.2. The molecule has 3 rings (SSSR count). The minimum Gasteiger partial charge on any atom is -0.488 e. The Balaban J connectivity index is 1.47. The van der Waals surface area contributed by atoms with Crippen molar-refractivity contribution in [1.82, 2.24) is 20.1 Å². The van der Waals surface area contributed by atoms with Gasteiger partial charge in [-0.1, -0.05) is 36.9 Å². The molecule has 0 fully saturated rings. The third-order valence-electron chi connectivity index (χ3n) is 3.79. The van der Waals surface area contributed by atoms with E-state index in [1.807, 2.05) is 32.2 Å². The molecule has 1 N–H and O–H groups in total. The molecule has 0 radical (unpaired) electrons. The van der Waals surface area contributed by atoms with Gasteiger partial charge in [0.05, 0.1) is 12.3 Å². The van der Waals surface area contributed by atoms with Crippen molar-refractivity contribution < 1.29 is 9.53 Å². The van der Waals surface area contributed by atoms with Gasteiger partial charge in [0.1, 0.15) is 17.7 Å². The Morgan fingerprint density at radius 1 is 1.48 bits per heavy atom. The summed E-state index contributed by atoms with van der Waals surface area (Å²) >= 11 is 1.35. The number of para-hydroxylation sites is 1. The lowest BCUT2D eigenvalue weighted by atomic mass is 10.1. The van der Waals surface area contributed by atoms with Gasteiger partial charge in [-0.2, -0.15) is 0 Å². The van der Waals surface area contributed by atoms with E-state index in [1.165, 1.54) is 17.3 Å². The molecule has 1 unspecified atom stereocenters. The highest BCUT2D eigenvalue weighted by Gasteiger charge is 2.25. The second kappa shape index (κ2) is 7.04. The number of likely N-dealkylation sites (N-methyl/N-ethyl adjacent to an activating group) is 1. The van der Waals surface area contributed by atoms with Crippen LogP contribution in [-0.2, 0) is 17.6 Å². The van der Waals surface area contributed by atoms with Crippen LogP contribution >= 0.6 is 11.8 Å². The van der Waals surface area contributed by atoms with E-state index < -0.39 is 0 Å². The van der Waals surface area contributed by atoms with Crippen molar-refractivity contribution in [3.05, 3.63) is 35.7 Å². The normalized spacial score (nSPS) is 16.0. The summed E-state index contributed by atoms with van der Waals surface area (Å²) in [5.74, 6) is 2.15. The molecule has 0 saturated carbocycles. The number of hydrogen-bond acceptors (Lipinski definition) is 5. The van der Waals surface area contributed by atoms with Gasteiger partial charge >= 0.3 is 0 Å². The van der Waals surface area contributed by atoms with Crippen molar-refractivity contribution in [2.75, 3.05) is 19.3 Å². The van der Waals surface area contributed by atoms with Crippen LogP contribution in [0.15, 0.2) is 29.4 Å². The maximum absolute atomic E-state index is 12.2. The zero-order valence-electron chi connectivity index (χ0n) is 13.3. The number of benzene rings is 1. The summed E-state index contributed by atoms with van der Waals surface area (Å²) in [6.45, 7) is 2.59. The van der Waals surface area contributed by atoms with E-state index in [0.29, 0.717) is 17.5 Å². The average molecular weight is 332 g/mol. The SMILES string of the molecule is CCc1nc(SCC(=O)N(C)CC2Cc3ccccc3O2)n[nH]1. The van der Waals surface area contributed by atoms with Crippen molar-refractivity contribution in [3.8, 4) is 5.75 Å². The summed E-state index contributed by atoms with van der Waals surface area (Å²) in [5, 5.41) is 7.55. The number of H-pyrrole nitrogens is 1. The number of carbonyl (C=O) groups excluding carboxylic acids is 1. The van der Waals surface area contributed by atoms with E-state index in [-0.39, 0.29) is 12.0 Å². The minimum absolute atomic E-state index is 0.0292. The fourth-order valence-electron chi connectivity index (χ4n) is 2.50. The Morgan fingerprint density at radius 2 is 2.30 bits per heavy atom. The number of rotatable bonds is 6. The number of thioether (sulfide) groups is 1. The van der Waals surface area contributed by atoms with Crippen LogP contribution in [0.3, 0.4) is 0 Å². The summed E-state index contributed by atoms with van der Waals surface area (Å²) in [7, 11) is 1.81. The molecular weight excluding hydrogens is 312 g/mol. The molecule has 1 atom stereocenters. The zero-order chi connectivity index (χ0) is 16.2. The molecule has 6 nitrogen and oxygen atoms in total. The van der Waals surface area contributed by atoms with Crippen LogP contribution in [0.2, 0.25) is 0 Å². The first-order chi connectivity index (χ1) is 11.2. The number of carbonyl (C=O) groups is 1. The number of nitrogens with one attached hydrogen (secondary N) is 1. The summed E-state index contributed by atoms with van der Waals surface area (Å²) in [6, 6.07) is 8.02. The Morgan fingerprint density at radius 3 is 3.04 bits per heavy atom. The van der Waals surface area contributed by atoms with Crippen molar-refractivity contribution in [3.63, 3.8) is 0 Å². The van der Waals surface area contributed by atoms with Gasteiger partial charge in [-0.25, -0.2) is 4.98 Å². The molecule has 1 aromatic heterocycles. The van der Waals surface area contributed by atoms with E-state index >= 15 is 0 Å². The Labute approximate surface area is 139 Å². The van der Waals surface area contributed by atoms with Crippen molar-refractivity contribution in [1.29, 1.82) is 0 Å². The zero-order valence-corrected chi connectivity index (χ0v) is 14.1. The number of aromatic amines is 1. The lowest BCUT2D eigenvalue weighted by Gasteiger charge is -2.20. The third-order valence-corrected chi connectivity index (χ3v) is 4.62. The second-order valence-corrected chi connectivity index (χ2v) is 6.48. The number of nitrogens with zero attached hydrogens (tertiary/aromatic N) is 3. The standard InChI is InChI=1S/C16H20N4O2S/c1-3-14-17-16(19-18-14)23-10-15(21)20(2)9-12-8-11-6-4-5-7-13(11)22-12/h4-7,12H,3,8-10H2,1-2H3,(H,17,18,19). The highest BCUT2D eigenvalue weighted by atomic mass is 32.2. The van der Waals surface area contributed by atoms with Crippen molar-refractivity contribution in [2.45, 2.75) is 31.0 Å². The van der Waals surface area contributed by atoms with Crippen LogP contribution < -0.4 is 4.74 Å². The molecular formula is C16H20N4O2S. The molecule has 0 spiro atoms. The molecule has 1 aliphatic rings. The third kappa shape index (κ3) is 3.85. The van der Waals surface area contributed by atoms with E-state index in [4.69, 9.17) is 4.74 Å². The van der Waals surface area contributed by atoms with E-state index in [1.54, 1.807) is 4.90 Å². The first-order valence-corrected chi connectivity index (χ1v) is 8.67. The molecule has 0 saturated heterocycles. The highest BCUT2D eigenvalue weighted by molar-refractivity contribution is 7.99. The van der Waals surface area contributed by atoms with Gasteiger partial charge in [-0.3, -0.25) is 9.89 Å². The summed E-state index contributed by atoms with van der Waals surface area (Å²) in [4.78, 5) is 18.2. The molecule has 0 aliphatic carbocycles. The van der Waals surface area contributed by atoms with Gasteiger partial charge < -0.3 is 9.64 Å². The number of ether oxygens (including phenoxy) is 1. The number of aromatic nitrogens is 3. The first-order valence-electron chi connectivity index (χ1n) is 7.68. The lowest BCUT2D eigenvalue weighted by molar-refractivity contribution is -0.128. The van der Waals surface area contributed by atoms with Gasteiger partial charge in [0.25, 0.3) is 0 Å². The average Bonchev–Trinajstić information content (AvgIpc) is 3.18. The molecule has 23 heavy (non-hydrogen) atoms. The predicted octanol–water partition coefficient (Wildman–Crippen LogP) is 1.92. The Kier molecular flexibility index (Phi) is 4.85. The van der Waals surface area contributed by atoms with Crippen LogP contribution in [0.25, 0.3) is 0 Å². The molecule has 7 heteroatoms. The Bertz CT molecular complexity index is 663. The second-order valence-electron chi connectivity index (χ2n) is 5.53.